The molecule has 0 aromatic heterocycles. The zero-order chi connectivity index (χ0) is 18.3. The second kappa shape index (κ2) is 13.7. The fraction of sp³-hybridized carbons (Fsp3) is 0.650. The predicted octanol–water partition coefficient (Wildman–Crippen LogP) is 2.53. The van der Waals surface area contributed by atoms with E-state index < -0.39 is 0 Å². The molecule has 0 saturated carbocycles. The Morgan fingerprint density at radius 1 is 1.12 bits per heavy atom. The van der Waals surface area contributed by atoms with Crippen LogP contribution in [0.1, 0.15) is 32.8 Å². The molecule has 1 atom stereocenters. The number of nitrogens with zero attached hydrogens (tertiary/aromatic N) is 2. The molecule has 142 valence electrons. The van der Waals surface area contributed by atoms with Crippen LogP contribution in [0.3, 0.4) is 0 Å². The van der Waals surface area contributed by atoms with E-state index in [-0.39, 0.29) is 0 Å². The van der Waals surface area contributed by atoms with Gasteiger partial charge in [0.1, 0.15) is 0 Å². The summed E-state index contributed by atoms with van der Waals surface area (Å²) in [6.45, 7) is 11.9. The Balaban J connectivity index is 2.52. The van der Waals surface area contributed by atoms with Crippen LogP contribution in [-0.4, -0.2) is 63.3 Å². The molecule has 0 aliphatic carbocycles. The van der Waals surface area contributed by atoms with E-state index in [4.69, 9.17) is 4.74 Å². The van der Waals surface area contributed by atoms with Crippen LogP contribution in [0.4, 0.5) is 0 Å². The molecule has 5 heteroatoms. The van der Waals surface area contributed by atoms with E-state index in [9.17, 15) is 0 Å². The van der Waals surface area contributed by atoms with Gasteiger partial charge in [-0.05, 0) is 38.4 Å². The molecule has 1 rings (SSSR count). The average molecular weight is 349 g/mol. The molecule has 0 bridgehead atoms. The van der Waals surface area contributed by atoms with E-state index in [0.717, 1.165) is 58.2 Å². The van der Waals surface area contributed by atoms with Gasteiger partial charge in [-0.15, -0.1) is 0 Å². The number of ether oxygens (including phenoxy) is 1. The minimum Gasteiger partial charge on any atom is -0.382 e. The largest absolute Gasteiger partial charge is 0.382 e. The van der Waals surface area contributed by atoms with Crippen molar-refractivity contribution in [1.29, 1.82) is 0 Å². The highest BCUT2D eigenvalue weighted by atomic mass is 16.5. The second-order valence-corrected chi connectivity index (χ2v) is 6.00. The summed E-state index contributed by atoms with van der Waals surface area (Å²) in [6, 6.07) is 11.2. The number of likely N-dealkylation sites (N-methyl/N-ethyl adjacent to an activating group) is 1. The Morgan fingerprint density at radius 2 is 1.84 bits per heavy atom. The molecule has 0 fully saturated rings. The standard InChI is InChI=1S/C20H36N4O/c1-5-24(6-2)19(16-18-12-9-8-10-13-18)17-23-20(21-4)22-14-11-15-25-7-3/h8-10,12-13,19H,5-7,11,14-17H2,1-4H3,(H2,21,22,23). The van der Waals surface area contributed by atoms with Crippen LogP contribution in [0, 0.1) is 0 Å². The molecule has 5 nitrogen and oxygen atoms in total. The highest BCUT2D eigenvalue weighted by Crippen LogP contribution is 2.08. The van der Waals surface area contributed by atoms with E-state index in [0.29, 0.717) is 6.04 Å². The lowest BCUT2D eigenvalue weighted by Gasteiger charge is -2.30. The van der Waals surface area contributed by atoms with Gasteiger partial charge in [0.05, 0.1) is 0 Å². The Hall–Kier alpha value is -1.59. The molecule has 1 unspecified atom stereocenters. The summed E-state index contributed by atoms with van der Waals surface area (Å²) in [5.74, 6) is 0.863. The van der Waals surface area contributed by atoms with Gasteiger partial charge in [0, 0.05) is 39.4 Å². The third kappa shape index (κ3) is 8.89. The van der Waals surface area contributed by atoms with E-state index >= 15 is 0 Å². The van der Waals surface area contributed by atoms with E-state index in [2.05, 4.69) is 64.7 Å². The first-order chi connectivity index (χ1) is 12.2. The summed E-state index contributed by atoms with van der Waals surface area (Å²) in [5.41, 5.74) is 1.38. The molecule has 25 heavy (non-hydrogen) atoms. The number of aliphatic imine (C=N–C) groups is 1. The zero-order valence-electron chi connectivity index (χ0n) is 16.4. The molecule has 0 aliphatic heterocycles. The fourth-order valence-electron chi connectivity index (χ4n) is 2.92. The van der Waals surface area contributed by atoms with Gasteiger partial charge in [0.2, 0.25) is 0 Å². The van der Waals surface area contributed by atoms with Crippen molar-refractivity contribution >= 4 is 5.96 Å². The average Bonchev–Trinajstić information content (AvgIpc) is 2.65. The minimum atomic E-state index is 0.444. The Bertz CT molecular complexity index is 460. The van der Waals surface area contributed by atoms with Crippen molar-refractivity contribution in [2.75, 3.05) is 46.4 Å². The smallest absolute Gasteiger partial charge is 0.191 e. The predicted molar refractivity (Wildman–Crippen MR) is 107 cm³/mol. The number of guanidine groups is 1. The maximum atomic E-state index is 5.37. The molecule has 0 spiro atoms. The monoisotopic (exact) mass is 348 g/mol. The summed E-state index contributed by atoms with van der Waals surface area (Å²) in [6.07, 6.45) is 2.02. The van der Waals surface area contributed by atoms with Crippen LogP contribution >= 0.6 is 0 Å². The van der Waals surface area contributed by atoms with E-state index in [1.54, 1.807) is 0 Å². The SMILES string of the molecule is CCOCCCNC(=NC)NCC(Cc1ccccc1)N(CC)CC. The number of rotatable bonds is 12. The van der Waals surface area contributed by atoms with E-state index in [1.807, 2.05) is 14.0 Å². The summed E-state index contributed by atoms with van der Waals surface area (Å²) >= 11 is 0. The number of benzene rings is 1. The summed E-state index contributed by atoms with van der Waals surface area (Å²) in [5, 5.41) is 6.85. The molecule has 2 N–H and O–H groups in total. The third-order valence-corrected chi connectivity index (χ3v) is 4.33. The van der Waals surface area contributed by atoms with Crippen LogP contribution in [-0.2, 0) is 11.2 Å². The zero-order valence-corrected chi connectivity index (χ0v) is 16.4. The van der Waals surface area contributed by atoms with Crippen molar-refractivity contribution in [2.45, 2.75) is 39.7 Å². The van der Waals surface area contributed by atoms with Crippen molar-refractivity contribution in [1.82, 2.24) is 15.5 Å². The Kier molecular flexibility index (Phi) is 11.7. The maximum Gasteiger partial charge on any atom is 0.191 e. The van der Waals surface area contributed by atoms with Gasteiger partial charge in [-0.1, -0.05) is 44.2 Å². The molecule has 1 aromatic rings. The van der Waals surface area contributed by atoms with Gasteiger partial charge in [-0.25, -0.2) is 0 Å². The van der Waals surface area contributed by atoms with Gasteiger partial charge >= 0.3 is 0 Å². The van der Waals surface area contributed by atoms with Crippen LogP contribution in [0.25, 0.3) is 0 Å². The van der Waals surface area contributed by atoms with Crippen LogP contribution < -0.4 is 10.6 Å². The van der Waals surface area contributed by atoms with Crippen molar-refractivity contribution in [3.05, 3.63) is 35.9 Å². The normalized spacial score (nSPS) is 13.1. The number of hydrogen-bond acceptors (Lipinski definition) is 3. The van der Waals surface area contributed by atoms with Crippen molar-refractivity contribution in [3.63, 3.8) is 0 Å². The molecule has 0 heterocycles. The fourth-order valence-corrected chi connectivity index (χ4v) is 2.92. The number of hydrogen-bond donors (Lipinski definition) is 2. The topological polar surface area (TPSA) is 48.9 Å². The van der Waals surface area contributed by atoms with Crippen LogP contribution in [0.2, 0.25) is 0 Å². The highest BCUT2D eigenvalue weighted by Gasteiger charge is 2.16. The lowest BCUT2D eigenvalue weighted by Crippen LogP contribution is -2.48. The van der Waals surface area contributed by atoms with Gasteiger partial charge in [0.15, 0.2) is 5.96 Å². The summed E-state index contributed by atoms with van der Waals surface area (Å²) < 4.78 is 5.37. The molecule has 1 aromatic carbocycles. The lowest BCUT2D eigenvalue weighted by atomic mass is 10.0. The summed E-state index contributed by atoms with van der Waals surface area (Å²) in [4.78, 5) is 6.83. The molecule has 0 aliphatic rings. The van der Waals surface area contributed by atoms with Crippen molar-refractivity contribution < 1.29 is 4.74 Å². The second-order valence-electron chi connectivity index (χ2n) is 6.00. The molecule has 0 amide bonds. The molecular formula is C20H36N4O. The minimum absolute atomic E-state index is 0.444. The van der Waals surface area contributed by atoms with Gasteiger partial charge in [0.25, 0.3) is 0 Å². The maximum absolute atomic E-state index is 5.37. The first-order valence-electron chi connectivity index (χ1n) is 9.55. The first kappa shape index (κ1) is 21.5. The van der Waals surface area contributed by atoms with Gasteiger partial charge < -0.3 is 15.4 Å². The third-order valence-electron chi connectivity index (χ3n) is 4.33. The Morgan fingerprint density at radius 3 is 2.44 bits per heavy atom. The quantitative estimate of drug-likeness (QED) is 0.346. The highest BCUT2D eigenvalue weighted by molar-refractivity contribution is 5.79. The number of nitrogens with one attached hydrogen (secondary N) is 2. The van der Waals surface area contributed by atoms with Crippen LogP contribution in [0.15, 0.2) is 35.3 Å². The Labute approximate surface area is 153 Å². The first-order valence-corrected chi connectivity index (χ1v) is 9.55. The summed E-state index contributed by atoms with van der Waals surface area (Å²) in [7, 11) is 1.82. The van der Waals surface area contributed by atoms with E-state index in [1.165, 1.54) is 5.56 Å². The van der Waals surface area contributed by atoms with Gasteiger partial charge in [-0.2, -0.15) is 0 Å². The molecule has 0 saturated heterocycles. The van der Waals surface area contributed by atoms with Crippen LogP contribution in [0.5, 0.6) is 0 Å². The lowest BCUT2D eigenvalue weighted by molar-refractivity contribution is 0.145. The molecular weight excluding hydrogens is 312 g/mol. The van der Waals surface area contributed by atoms with Crippen molar-refractivity contribution in [2.24, 2.45) is 4.99 Å². The molecule has 0 radical (unpaired) electrons. The van der Waals surface area contributed by atoms with Crippen molar-refractivity contribution in [3.8, 4) is 0 Å². The van der Waals surface area contributed by atoms with Gasteiger partial charge in [-0.3, -0.25) is 9.89 Å².